The Bertz CT molecular complexity index is 875. The maximum atomic E-state index is 11.9. The molecule has 0 unspecified atom stereocenters. The zero-order valence-corrected chi connectivity index (χ0v) is 15.8. The molecule has 0 bridgehead atoms. The second-order valence-electron chi connectivity index (χ2n) is 5.39. The fourth-order valence-electron chi connectivity index (χ4n) is 2.21. The van der Waals surface area contributed by atoms with Crippen LogP contribution in [0.25, 0.3) is 0 Å². The standard InChI is InChI=1S/C20H20ClN3O3/c1-4-10-27-19-16(21)11-15(12-18(19)26-5-2)13-22-24-20(25)23-17-9-7-6-8-14(17)3/h1,6-9,11-13H,5,10H2,2-3H3,(H2,23,24,25). The van der Waals surface area contributed by atoms with Gasteiger partial charge in [0.2, 0.25) is 0 Å². The number of aryl methyl sites for hydroxylation is 1. The highest BCUT2D eigenvalue weighted by atomic mass is 35.5. The van der Waals surface area contributed by atoms with Gasteiger partial charge in [0, 0.05) is 5.69 Å². The normalized spacial score (nSPS) is 10.3. The van der Waals surface area contributed by atoms with Gasteiger partial charge in [-0.15, -0.1) is 6.42 Å². The number of carbonyl (C=O) groups is 1. The van der Waals surface area contributed by atoms with Gasteiger partial charge in [0.05, 0.1) is 17.8 Å². The lowest BCUT2D eigenvalue weighted by Gasteiger charge is -2.12. The van der Waals surface area contributed by atoms with Crippen molar-refractivity contribution in [3.8, 4) is 23.8 Å². The molecule has 2 aromatic carbocycles. The van der Waals surface area contributed by atoms with Crippen molar-refractivity contribution in [3.63, 3.8) is 0 Å². The second-order valence-corrected chi connectivity index (χ2v) is 5.80. The number of nitrogens with one attached hydrogen (secondary N) is 2. The number of hydrogen-bond acceptors (Lipinski definition) is 4. The summed E-state index contributed by atoms with van der Waals surface area (Å²) in [6, 6.07) is 10.3. The number of halogens is 1. The van der Waals surface area contributed by atoms with Crippen LogP contribution in [0.5, 0.6) is 11.5 Å². The molecule has 2 amide bonds. The first-order valence-electron chi connectivity index (χ1n) is 8.23. The predicted molar refractivity (Wildman–Crippen MR) is 108 cm³/mol. The molecule has 0 aliphatic carbocycles. The molecule has 6 nitrogen and oxygen atoms in total. The van der Waals surface area contributed by atoms with Crippen LogP contribution in [-0.4, -0.2) is 25.5 Å². The summed E-state index contributed by atoms with van der Waals surface area (Å²) < 4.78 is 11.0. The fraction of sp³-hybridized carbons (Fsp3) is 0.200. The molecule has 0 saturated heterocycles. The predicted octanol–water partition coefficient (Wildman–Crippen LogP) is 4.21. The number of hydrogen-bond donors (Lipinski definition) is 2. The molecule has 7 heteroatoms. The second kappa shape index (κ2) is 10.1. The van der Waals surface area contributed by atoms with E-state index in [0.717, 1.165) is 5.56 Å². The molecular formula is C20H20ClN3O3. The number of rotatable bonds is 7. The molecule has 0 radical (unpaired) electrons. The summed E-state index contributed by atoms with van der Waals surface area (Å²) in [5, 5.41) is 6.98. The van der Waals surface area contributed by atoms with Gasteiger partial charge in [0.25, 0.3) is 0 Å². The SMILES string of the molecule is C#CCOc1c(Cl)cc(C=NNC(=O)Nc2ccccc2C)cc1OCC. The van der Waals surface area contributed by atoms with Gasteiger partial charge < -0.3 is 14.8 Å². The summed E-state index contributed by atoms with van der Waals surface area (Å²) in [6.07, 6.45) is 6.67. The zero-order chi connectivity index (χ0) is 19.6. The third-order valence-electron chi connectivity index (χ3n) is 3.40. The molecule has 0 fully saturated rings. The smallest absolute Gasteiger partial charge is 0.339 e. The van der Waals surface area contributed by atoms with Crippen molar-refractivity contribution in [1.29, 1.82) is 0 Å². The lowest BCUT2D eigenvalue weighted by Crippen LogP contribution is -2.24. The van der Waals surface area contributed by atoms with Gasteiger partial charge in [-0.05, 0) is 43.2 Å². The lowest BCUT2D eigenvalue weighted by molar-refractivity contribution is 0.252. The highest BCUT2D eigenvalue weighted by molar-refractivity contribution is 6.32. The first kappa shape index (κ1) is 20.1. The third kappa shape index (κ3) is 5.94. The average Bonchev–Trinajstić information content (AvgIpc) is 2.63. The van der Waals surface area contributed by atoms with Crippen molar-refractivity contribution >= 4 is 29.5 Å². The van der Waals surface area contributed by atoms with Crippen LogP contribution >= 0.6 is 11.6 Å². The molecule has 0 saturated carbocycles. The number of nitrogens with zero attached hydrogens (tertiary/aromatic N) is 1. The Labute approximate surface area is 163 Å². The van der Waals surface area contributed by atoms with E-state index in [4.69, 9.17) is 27.5 Å². The molecule has 0 aliphatic heterocycles. The van der Waals surface area contributed by atoms with Crippen LogP contribution in [-0.2, 0) is 0 Å². The number of benzene rings is 2. The number of terminal acetylenes is 1. The summed E-state index contributed by atoms with van der Waals surface area (Å²) in [7, 11) is 0. The number of urea groups is 1. The summed E-state index contributed by atoms with van der Waals surface area (Å²) in [4.78, 5) is 11.9. The minimum absolute atomic E-state index is 0.0772. The molecule has 0 atom stereocenters. The number of ether oxygens (including phenoxy) is 2. The zero-order valence-electron chi connectivity index (χ0n) is 15.1. The van der Waals surface area contributed by atoms with E-state index in [1.54, 1.807) is 12.1 Å². The first-order chi connectivity index (χ1) is 13.0. The molecule has 0 spiro atoms. The largest absolute Gasteiger partial charge is 0.490 e. The van der Waals surface area contributed by atoms with Crippen molar-refractivity contribution in [1.82, 2.24) is 5.43 Å². The van der Waals surface area contributed by atoms with E-state index in [1.807, 2.05) is 38.1 Å². The Morgan fingerprint density at radius 2 is 2.11 bits per heavy atom. The monoisotopic (exact) mass is 385 g/mol. The van der Waals surface area contributed by atoms with Gasteiger partial charge in [0.1, 0.15) is 6.61 Å². The number of para-hydroxylation sites is 1. The van der Waals surface area contributed by atoms with Crippen LogP contribution in [0, 0.1) is 19.3 Å². The van der Waals surface area contributed by atoms with Gasteiger partial charge in [-0.3, -0.25) is 0 Å². The fourth-order valence-corrected chi connectivity index (χ4v) is 2.48. The van der Waals surface area contributed by atoms with E-state index >= 15 is 0 Å². The summed E-state index contributed by atoms with van der Waals surface area (Å²) in [6.45, 7) is 4.26. The van der Waals surface area contributed by atoms with E-state index in [0.29, 0.717) is 34.4 Å². The number of carbonyl (C=O) groups excluding carboxylic acids is 1. The van der Waals surface area contributed by atoms with Crippen LogP contribution in [0.1, 0.15) is 18.1 Å². The maximum Gasteiger partial charge on any atom is 0.339 e. The number of hydrazone groups is 1. The van der Waals surface area contributed by atoms with Crippen molar-refractivity contribution in [2.45, 2.75) is 13.8 Å². The molecule has 0 aliphatic rings. The molecule has 2 rings (SSSR count). The average molecular weight is 386 g/mol. The highest BCUT2D eigenvalue weighted by Crippen LogP contribution is 2.36. The molecule has 140 valence electrons. The van der Waals surface area contributed by atoms with E-state index < -0.39 is 6.03 Å². The maximum absolute atomic E-state index is 11.9. The molecule has 27 heavy (non-hydrogen) atoms. The number of anilines is 1. The third-order valence-corrected chi connectivity index (χ3v) is 3.69. The van der Waals surface area contributed by atoms with Crippen LogP contribution in [0.15, 0.2) is 41.5 Å². The Balaban J connectivity index is 2.06. The number of amides is 2. The molecular weight excluding hydrogens is 366 g/mol. The molecule has 0 heterocycles. The van der Waals surface area contributed by atoms with Crippen molar-refractivity contribution < 1.29 is 14.3 Å². The Hall–Kier alpha value is -3.17. The summed E-state index contributed by atoms with van der Waals surface area (Å²) >= 11 is 6.24. The Morgan fingerprint density at radius 3 is 2.81 bits per heavy atom. The van der Waals surface area contributed by atoms with Crippen molar-refractivity contribution in [3.05, 3.63) is 52.5 Å². The van der Waals surface area contributed by atoms with Crippen LogP contribution < -0.4 is 20.2 Å². The van der Waals surface area contributed by atoms with Crippen LogP contribution in [0.2, 0.25) is 5.02 Å². The molecule has 2 N–H and O–H groups in total. The van der Waals surface area contributed by atoms with E-state index in [-0.39, 0.29) is 6.61 Å². The van der Waals surface area contributed by atoms with Gasteiger partial charge in [-0.1, -0.05) is 35.7 Å². The van der Waals surface area contributed by atoms with E-state index in [1.165, 1.54) is 6.21 Å². The topological polar surface area (TPSA) is 72.0 Å². The summed E-state index contributed by atoms with van der Waals surface area (Å²) in [5.74, 6) is 3.20. The first-order valence-corrected chi connectivity index (χ1v) is 8.61. The van der Waals surface area contributed by atoms with Crippen molar-refractivity contribution in [2.75, 3.05) is 18.5 Å². The van der Waals surface area contributed by atoms with E-state index in [2.05, 4.69) is 21.8 Å². The molecule has 2 aromatic rings. The van der Waals surface area contributed by atoms with Crippen molar-refractivity contribution in [2.24, 2.45) is 5.10 Å². The summed E-state index contributed by atoms with van der Waals surface area (Å²) in [5.41, 5.74) is 4.70. The quantitative estimate of drug-likeness (QED) is 0.426. The van der Waals surface area contributed by atoms with Gasteiger partial charge >= 0.3 is 6.03 Å². The Kier molecular flexibility index (Phi) is 7.53. The lowest BCUT2D eigenvalue weighted by atomic mass is 10.2. The Morgan fingerprint density at radius 1 is 1.33 bits per heavy atom. The van der Waals surface area contributed by atoms with Gasteiger partial charge in [0.15, 0.2) is 11.5 Å². The van der Waals surface area contributed by atoms with Crippen LogP contribution in [0.4, 0.5) is 10.5 Å². The highest BCUT2D eigenvalue weighted by Gasteiger charge is 2.12. The van der Waals surface area contributed by atoms with Crippen LogP contribution in [0.3, 0.4) is 0 Å². The molecule has 0 aromatic heterocycles. The minimum Gasteiger partial charge on any atom is -0.490 e. The van der Waals surface area contributed by atoms with Gasteiger partial charge in [-0.2, -0.15) is 5.10 Å². The van der Waals surface area contributed by atoms with E-state index in [9.17, 15) is 4.79 Å². The van der Waals surface area contributed by atoms with Gasteiger partial charge in [-0.25, -0.2) is 10.2 Å². The minimum atomic E-state index is -0.453.